The highest BCUT2D eigenvalue weighted by atomic mass is 19.1. The quantitative estimate of drug-likeness (QED) is 0.619. The number of benzene rings is 1. The molecule has 3 rings (SSSR count). The van der Waals surface area contributed by atoms with E-state index in [-0.39, 0.29) is 24.0 Å². The Hall–Kier alpha value is -2.59. The van der Waals surface area contributed by atoms with Crippen LogP contribution in [0.3, 0.4) is 0 Å². The first-order valence-corrected chi connectivity index (χ1v) is 11.9. The van der Waals surface area contributed by atoms with Gasteiger partial charge in [0.2, 0.25) is 0 Å². The maximum atomic E-state index is 14.3. The molecule has 1 N–H and O–H groups in total. The van der Waals surface area contributed by atoms with Crippen LogP contribution in [-0.2, 0) is 9.47 Å². The minimum Gasteiger partial charge on any atom is -0.444 e. The molecule has 188 valence electrons. The molecule has 3 atom stereocenters. The molecule has 1 fully saturated rings. The second-order valence-electron chi connectivity index (χ2n) is 9.87. The molecule has 1 saturated heterocycles. The van der Waals surface area contributed by atoms with Gasteiger partial charge >= 0.3 is 6.09 Å². The normalized spacial score (nSPS) is 18.6. The van der Waals surface area contributed by atoms with Crippen LogP contribution in [0, 0.1) is 12.7 Å². The fourth-order valence-electron chi connectivity index (χ4n) is 4.15. The molecule has 2 aromatic rings. The van der Waals surface area contributed by atoms with Crippen molar-refractivity contribution in [3.63, 3.8) is 0 Å². The Morgan fingerprint density at radius 1 is 1.35 bits per heavy atom. The molecule has 0 bridgehead atoms. The maximum Gasteiger partial charge on any atom is 0.410 e. The molecule has 1 unspecified atom stereocenters. The summed E-state index contributed by atoms with van der Waals surface area (Å²) >= 11 is 0. The van der Waals surface area contributed by atoms with E-state index in [4.69, 9.17) is 9.47 Å². The van der Waals surface area contributed by atoms with Crippen LogP contribution in [0.1, 0.15) is 76.5 Å². The number of piperidine rings is 1. The Kier molecular flexibility index (Phi) is 8.59. The lowest BCUT2D eigenvalue weighted by molar-refractivity contribution is 0.0164. The van der Waals surface area contributed by atoms with Crippen LogP contribution in [0.2, 0.25) is 0 Å². The molecular formula is C24H37FN6O3. The third-order valence-corrected chi connectivity index (χ3v) is 5.75. The number of rotatable bonds is 8. The summed E-state index contributed by atoms with van der Waals surface area (Å²) in [5.41, 5.74) is 1.13. The fraction of sp³-hybridized carbons (Fsp3) is 0.667. The number of ether oxygens (including phenoxy) is 2. The van der Waals surface area contributed by atoms with E-state index in [0.29, 0.717) is 32.1 Å². The third kappa shape index (κ3) is 6.73. The molecule has 1 aliphatic heterocycles. The molecule has 0 spiro atoms. The van der Waals surface area contributed by atoms with Gasteiger partial charge in [0.1, 0.15) is 11.4 Å². The van der Waals surface area contributed by atoms with E-state index in [1.807, 2.05) is 41.5 Å². The van der Waals surface area contributed by atoms with E-state index < -0.39 is 11.6 Å². The number of carbonyl (C=O) groups excluding carboxylic acids is 1. The van der Waals surface area contributed by atoms with Crippen molar-refractivity contribution in [1.82, 2.24) is 30.4 Å². The minimum absolute atomic E-state index is 0.0256. The predicted octanol–water partition coefficient (Wildman–Crippen LogP) is 3.80. The number of tetrazole rings is 1. The maximum absolute atomic E-state index is 14.3. The molecule has 0 aliphatic carbocycles. The molecule has 0 saturated carbocycles. The molecule has 9 nitrogen and oxygen atoms in total. The Morgan fingerprint density at radius 2 is 2.12 bits per heavy atom. The van der Waals surface area contributed by atoms with Crippen molar-refractivity contribution in [2.24, 2.45) is 0 Å². The van der Waals surface area contributed by atoms with Gasteiger partial charge in [-0.2, -0.15) is 0 Å². The van der Waals surface area contributed by atoms with E-state index in [1.54, 1.807) is 15.6 Å². The topological polar surface area (TPSA) is 94.4 Å². The van der Waals surface area contributed by atoms with Gasteiger partial charge < -0.3 is 14.4 Å². The van der Waals surface area contributed by atoms with Crippen LogP contribution in [0.5, 0.6) is 0 Å². The lowest BCUT2D eigenvalue weighted by atomic mass is 9.98. The molecule has 1 amide bonds. The van der Waals surface area contributed by atoms with Crippen LogP contribution in [0.15, 0.2) is 18.2 Å². The third-order valence-electron chi connectivity index (χ3n) is 5.75. The summed E-state index contributed by atoms with van der Waals surface area (Å²) in [5, 5.41) is 16.1. The monoisotopic (exact) mass is 476 g/mol. The molecule has 10 heteroatoms. The van der Waals surface area contributed by atoms with Crippen LogP contribution in [-0.4, -0.2) is 69.1 Å². The molecule has 1 aromatic heterocycles. The number of aromatic nitrogens is 4. The van der Waals surface area contributed by atoms with Gasteiger partial charge in [0.15, 0.2) is 5.82 Å². The van der Waals surface area contributed by atoms with Crippen LogP contribution < -0.4 is 5.32 Å². The number of hydrogen-bond acceptors (Lipinski definition) is 7. The van der Waals surface area contributed by atoms with Crippen LogP contribution in [0.25, 0.3) is 0 Å². The zero-order valence-electron chi connectivity index (χ0n) is 21.0. The summed E-state index contributed by atoms with van der Waals surface area (Å²) in [5.74, 6) is 0.255. The second-order valence-corrected chi connectivity index (χ2v) is 9.87. The first kappa shape index (κ1) is 26.0. The summed E-state index contributed by atoms with van der Waals surface area (Å²) in [6.07, 6.45) is 1.29. The van der Waals surface area contributed by atoms with Crippen LogP contribution in [0.4, 0.5) is 9.18 Å². The van der Waals surface area contributed by atoms with Crippen molar-refractivity contribution in [3.8, 4) is 0 Å². The summed E-state index contributed by atoms with van der Waals surface area (Å²) in [6.45, 7) is 13.6. The highest BCUT2D eigenvalue weighted by Crippen LogP contribution is 2.29. The van der Waals surface area contributed by atoms with Gasteiger partial charge in [-0.3, -0.25) is 5.32 Å². The van der Waals surface area contributed by atoms with E-state index in [9.17, 15) is 9.18 Å². The highest BCUT2D eigenvalue weighted by molar-refractivity contribution is 5.68. The first-order valence-electron chi connectivity index (χ1n) is 11.9. The molecule has 2 heterocycles. The van der Waals surface area contributed by atoms with Crippen molar-refractivity contribution in [2.45, 2.75) is 78.1 Å². The van der Waals surface area contributed by atoms with Crippen LogP contribution >= 0.6 is 0 Å². The second kappa shape index (κ2) is 11.2. The molecule has 1 aromatic carbocycles. The number of halogens is 1. The molecule has 0 radical (unpaired) electrons. The van der Waals surface area contributed by atoms with Crippen molar-refractivity contribution in [2.75, 3.05) is 26.3 Å². The lowest BCUT2D eigenvalue weighted by Crippen LogP contribution is -2.44. The van der Waals surface area contributed by atoms with Crippen molar-refractivity contribution >= 4 is 6.09 Å². The summed E-state index contributed by atoms with van der Waals surface area (Å²) in [7, 11) is 0. The smallest absolute Gasteiger partial charge is 0.410 e. The average molecular weight is 477 g/mol. The van der Waals surface area contributed by atoms with E-state index >= 15 is 0 Å². The highest BCUT2D eigenvalue weighted by Gasteiger charge is 2.33. The van der Waals surface area contributed by atoms with Crippen molar-refractivity contribution in [3.05, 3.63) is 41.0 Å². The van der Waals surface area contributed by atoms with Gasteiger partial charge in [0, 0.05) is 25.7 Å². The zero-order chi connectivity index (χ0) is 24.9. The Balaban J connectivity index is 1.90. The van der Waals surface area contributed by atoms with Crippen molar-refractivity contribution < 1.29 is 18.7 Å². The fourth-order valence-corrected chi connectivity index (χ4v) is 4.15. The van der Waals surface area contributed by atoms with E-state index in [0.717, 1.165) is 24.0 Å². The van der Waals surface area contributed by atoms with Gasteiger partial charge in [-0.15, -0.1) is 5.10 Å². The molecular weight excluding hydrogens is 439 g/mol. The number of aryl methyl sites for hydroxylation is 1. The number of nitrogens with zero attached hydrogens (tertiary/aromatic N) is 5. The van der Waals surface area contributed by atoms with Gasteiger partial charge in [-0.1, -0.05) is 6.07 Å². The van der Waals surface area contributed by atoms with Gasteiger partial charge in [-0.25, -0.2) is 13.9 Å². The lowest BCUT2D eigenvalue weighted by Gasteiger charge is -2.35. The Morgan fingerprint density at radius 3 is 2.82 bits per heavy atom. The summed E-state index contributed by atoms with van der Waals surface area (Å²) in [4.78, 5) is 14.4. The number of amides is 1. The Bertz CT molecular complexity index is 960. The zero-order valence-corrected chi connectivity index (χ0v) is 21.0. The summed E-state index contributed by atoms with van der Waals surface area (Å²) < 4.78 is 27.2. The largest absolute Gasteiger partial charge is 0.444 e. The van der Waals surface area contributed by atoms with Gasteiger partial charge in [0.05, 0.1) is 18.7 Å². The molecule has 34 heavy (non-hydrogen) atoms. The Labute approximate surface area is 201 Å². The average Bonchev–Trinajstić information content (AvgIpc) is 3.26. The first-order chi connectivity index (χ1) is 16.1. The molecule has 1 aliphatic rings. The number of nitrogens with one attached hydrogen (secondary N) is 1. The minimum atomic E-state index is -0.565. The number of hydrogen-bond donors (Lipinski definition) is 1. The van der Waals surface area contributed by atoms with Gasteiger partial charge in [0.25, 0.3) is 0 Å². The van der Waals surface area contributed by atoms with Crippen molar-refractivity contribution in [1.29, 1.82) is 0 Å². The SMILES string of the molecule is CCOC[C@H](C)NC(c1cc(F)ccc1C)c1nnnn1[C@H]1CCCN(C(=O)OC(C)(C)C)C1. The number of likely N-dealkylation sites (tertiary alicyclic amines) is 1. The standard InChI is InChI=1S/C24H37FN6O3/c1-7-33-15-17(3)26-21(20-13-18(25)11-10-16(20)2)22-27-28-29-31(22)19-9-8-12-30(14-19)23(32)34-24(4,5)6/h10-11,13,17,19,21,26H,7-9,12,14-15H2,1-6H3/t17-,19-,21?/m0/s1. The predicted molar refractivity (Wildman–Crippen MR) is 126 cm³/mol. The van der Waals surface area contributed by atoms with E-state index in [1.165, 1.54) is 12.1 Å². The number of carbonyl (C=O) groups is 1. The van der Waals surface area contributed by atoms with Gasteiger partial charge in [-0.05, 0) is 88.1 Å². The summed E-state index contributed by atoms with van der Waals surface area (Å²) in [6, 6.07) is 4.13. The van der Waals surface area contributed by atoms with E-state index in [2.05, 4.69) is 20.8 Å².